The zero-order valence-corrected chi connectivity index (χ0v) is 15.1. The summed E-state index contributed by atoms with van der Waals surface area (Å²) in [5, 5.41) is 3.23. The second kappa shape index (κ2) is 7.33. The normalized spacial score (nSPS) is 13.0. The molecule has 1 amide bonds. The highest BCUT2D eigenvalue weighted by atomic mass is 35.5. The molecule has 0 bridgehead atoms. The van der Waals surface area contributed by atoms with Crippen LogP contribution in [0.2, 0.25) is 5.02 Å². The summed E-state index contributed by atoms with van der Waals surface area (Å²) in [5.41, 5.74) is 1.15. The van der Waals surface area contributed by atoms with Crippen molar-refractivity contribution in [3.8, 4) is 0 Å². The molecule has 5 nitrogen and oxygen atoms in total. The van der Waals surface area contributed by atoms with E-state index in [1.807, 2.05) is 20.8 Å². The van der Waals surface area contributed by atoms with Crippen molar-refractivity contribution in [2.75, 3.05) is 17.1 Å². The van der Waals surface area contributed by atoms with Crippen LogP contribution in [0.1, 0.15) is 26.3 Å². The maximum atomic E-state index is 12.1. The number of carbonyl (C=O) groups excluding carboxylic acids is 1. The van der Waals surface area contributed by atoms with Crippen molar-refractivity contribution >= 4 is 33.2 Å². The predicted octanol–water partition coefficient (Wildman–Crippen LogP) is 2.58. The summed E-state index contributed by atoms with van der Waals surface area (Å²) >= 11 is 5.95. The molecule has 0 radical (unpaired) electrons. The second-order valence-corrected chi connectivity index (χ2v) is 8.14. The molecule has 1 N–H and O–H groups in total. The fraction of sp³-hybridized carbons (Fsp3) is 0.533. The summed E-state index contributed by atoms with van der Waals surface area (Å²) < 4.78 is 25.2. The van der Waals surface area contributed by atoms with Crippen molar-refractivity contribution in [2.24, 2.45) is 5.92 Å². The molecule has 1 atom stereocenters. The number of carbonyl (C=O) groups is 1. The van der Waals surface area contributed by atoms with Crippen LogP contribution in [0.5, 0.6) is 0 Å². The topological polar surface area (TPSA) is 66.5 Å². The Morgan fingerprint density at radius 1 is 1.32 bits per heavy atom. The van der Waals surface area contributed by atoms with E-state index in [4.69, 9.17) is 11.6 Å². The molecule has 0 saturated heterocycles. The highest BCUT2D eigenvalue weighted by molar-refractivity contribution is 7.92. The highest BCUT2D eigenvalue weighted by Gasteiger charge is 2.23. The number of rotatable bonds is 6. The van der Waals surface area contributed by atoms with Crippen molar-refractivity contribution < 1.29 is 13.2 Å². The van der Waals surface area contributed by atoms with E-state index >= 15 is 0 Å². The Balaban J connectivity index is 3.06. The fourth-order valence-electron chi connectivity index (χ4n) is 1.83. The van der Waals surface area contributed by atoms with Crippen LogP contribution in [0, 0.1) is 12.8 Å². The number of benzene rings is 1. The number of nitrogens with one attached hydrogen (secondary N) is 1. The van der Waals surface area contributed by atoms with Crippen molar-refractivity contribution in [1.29, 1.82) is 0 Å². The Kier molecular flexibility index (Phi) is 6.26. The van der Waals surface area contributed by atoms with Crippen LogP contribution in [0.25, 0.3) is 0 Å². The fourth-order valence-corrected chi connectivity index (χ4v) is 2.90. The van der Waals surface area contributed by atoms with Gasteiger partial charge >= 0.3 is 0 Å². The van der Waals surface area contributed by atoms with Gasteiger partial charge in [-0.15, -0.1) is 0 Å². The van der Waals surface area contributed by atoms with Crippen molar-refractivity contribution in [2.45, 2.75) is 33.7 Å². The zero-order chi connectivity index (χ0) is 17.1. The Morgan fingerprint density at radius 3 is 2.41 bits per heavy atom. The monoisotopic (exact) mass is 346 g/mol. The van der Waals surface area contributed by atoms with E-state index in [9.17, 15) is 13.2 Å². The van der Waals surface area contributed by atoms with Crippen LogP contribution in [0.4, 0.5) is 5.69 Å². The van der Waals surface area contributed by atoms with E-state index in [0.717, 1.165) is 16.1 Å². The summed E-state index contributed by atoms with van der Waals surface area (Å²) in [5.74, 6) is -0.0745. The number of aryl methyl sites for hydroxylation is 1. The van der Waals surface area contributed by atoms with Gasteiger partial charge < -0.3 is 5.32 Å². The molecule has 0 aliphatic carbocycles. The van der Waals surface area contributed by atoms with E-state index in [0.29, 0.717) is 10.7 Å². The van der Waals surface area contributed by atoms with Crippen LogP contribution < -0.4 is 9.62 Å². The lowest BCUT2D eigenvalue weighted by Crippen LogP contribution is -2.44. The number of hydrogen-bond donors (Lipinski definition) is 1. The average Bonchev–Trinajstić information content (AvgIpc) is 2.37. The van der Waals surface area contributed by atoms with Gasteiger partial charge in [-0.1, -0.05) is 31.5 Å². The van der Waals surface area contributed by atoms with E-state index in [2.05, 4.69) is 5.32 Å². The van der Waals surface area contributed by atoms with E-state index in [1.165, 1.54) is 0 Å². The third-order valence-electron chi connectivity index (χ3n) is 3.52. The minimum atomic E-state index is -3.59. The van der Waals surface area contributed by atoms with Gasteiger partial charge in [-0.3, -0.25) is 9.10 Å². The number of amides is 1. The minimum Gasteiger partial charge on any atom is -0.352 e. The molecule has 124 valence electrons. The first kappa shape index (κ1) is 18.8. The number of halogens is 1. The van der Waals surface area contributed by atoms with Gasteiger partial charge in [0, 0.05) is 11.1 Å². The lowest BCUT2D eigenvalue weighted by Gasteiger charge is -2.25. The van der Waals surface area contributed by atoms with Crippen LogP contribution in [-0.2, 0) is 14.8 Å². The average molecular weight is 347 g/mol. The van der Waals surface area contributed by atoms with Gasteiger partial charge in [0.05, 0.1) is 11.9 Å². The summed E-state index contributed by atoms with van der Waals surface area (Å²) in [6.45, 7) is 7.37. The van der Waals surface area contributed by atoms with Gasteiger partial charge in [0.25, 0.3) is 0 Å². The quantitative estimate of drug-likeness (QED) is 0.860. The first-order chi connectivity index (χ1) is 10.0. The van der Waals surface area contributed by atoms with Gasteiger partial charge in [-0.2, -0.15) is 0 Å². The maximum Gasteiger partial charge on any atom is 0.240 e. The molecule has 7 heteroatoms. The van der Waals surface area contributed by atoms with Gasteiger partial charge in [0.15, 0.2) is 0 Å². The molecular weight excluding hydrogens is 324 g/mol. The Labute approximate surface area is 137 Å². The van der Waals surface area contributed by atoms with Gasteiger partial charge in [0.2, 0.25) is 15.9 Å². The van der Waals surface area contributed by atoms with Gasteiger partial charge in [-0.25, -0.2) is 8.42 Å². The zero-order valence-electron chi connectivity index (χ0n) is 13.6. The smallest absolute Gasteiger partial charge is 0.240 e. The largest absolute Gasteiger partial charge is 0.352 e. The van der Waals surface area contributed by atoms with E-state index in [-0.39, 0.29) is 24.4 Å². The number of nitrogens with zero attached hydrogens (tertiary/aromatic N) is 1. The molecule has 1 aromatic carbocycles. The van der Waals surface area contributed by atoms with E-state index < -0.39 is 10.0 Å². The molecular formula is C15H23ClN2O3S. The number of hydrogen-bond acceptors (Lipinski definition) is 3. The summed E-state index contributed by atoms with van der Waals surface area (Å²) in [7, 11) is -3.59. The number of sulfonamides is 1. The predicted molar refractivity (Wildman–Crippen MR) is 90.8 cm³/mol. The molecule has 0 aliphatic heterocycles. The Bertz CT molecular complexity index is 644. The third-order valence-corrected chi connectivity index (χ3v) is 4.88. The molecule has 0 fully saturated rings. The molecule has 22 heavy (non-hydrogen) atoms. The third kappa shape index (κ3) is 5.18. The molecule has 0 spiro atoms. The molecule has 1 unspecified atom stereocenters. The van der Waals surface area contributed by atoms with E-state index in [1.54, 1.807) is 25.1 Å². The highest BCUT2D eigenvalue weighted by Crippen LogP contribution is 2.26. The summed E-state index contributed by atoms with van der Waals surface area (Å²) in [4.78, 5) is 12.1. The molecule has 0 heterocycles. The summed E-state index contributed by atoms with van der Waals surface area (Å²) in [6.07, 6.45) is 1.08. The van der Waals surface area contributed by atoms with Crippen molar-refractivity contribution in [3.05, 3.63) is 28.8 Å². The maximum absolute atomic E-state index is 12.1. The van der Waals surface area contributed by atoms with Gasteiger partial charge in [-0.05, 0) is 37.5 Å². The number of anilines is 1. The molecule has 1 aromatic rings. The Morgan fingerprint density at radius 2 is 1.91 bits per heavy atom. The standard InChI is InChI=1S/C15H23ClN2O3S/c1-10(2)12(4)17-15(19)9-18(22(5,20)21)14-8-13(16)7-6-11(14)3/h6-8,10,12H,9H2,1-5H3,(H,17,19). The second-order valence-electron chi connectivity index (χ2n) is 5.80. The van der Waals surface area contributed by atoms with Crippen molar-refractivity contribution in [3.63, 3.8) is 0 Å². The minimum absolute atomic E-state index is 0.0330. The molecule has 0 saturated carbocycles. The summed E-state index contributed by atoms with van der Waals surface area (Å²) in [6, 6.07) is 4.93. The first-order valence-corrected chi connectivity index (χ1v) is 9.28. The SMILES string of the molecule is Cc1ccc(Cl)cc1N(CC(=O)NC(C)C(C)C)S(C)(=O)=O. The first-order valence-electron chi connectivity index (χ1n) is 7.05. The Hall–Kier alpha value is -1.27. The van der Waals surface area contributed by atoms with Crippen LogP contribution in [0.15, 0.2) is 18.2 Å². The molecule has 1 rings (SSSR count). The van der Waals surface area contributed by atoms with Crippen LogP contribution in [0.3, 0.4) is 0 Å². The van der Waals surface area contributed by atoms with Crippen LogP contribution in [-0.4, -0.2) is 33.2 Å². The lowest BCUT2D eigenvalue weighted by atomic mass is 10.1. The lowest BCUT2D eigenvalue weighted by molar-refractivity contribution is -0.120. The van der Waals surface area contributed by atoms with Crippen LogP contribution >= 0.6 is 11.6 Å². The van der Waals surface area contributed by atoms with Gasteiger partial charge in [0.1, 0.15) is 6.54 Å². The van der Waals surface area contributed by atoms with Crippen molar-refractivity contribution in [1.82, 2.24) is 5.32 Å². The molecule has 0 aromatic heterocycles. The molecule has 0 aliphatic rings.